The van der Waals surface area contributed by atoms with Gasteiger partial charge in [0.15, 0.2) is 10.9 Å². The van der Waals surface area contributed by atoms with Crippen LogP contribution in [-0.4, -0.2) is 11.6 Å². The van der Waals surface area contributed by atoms with Crippen molar-refractivity contribution in [3.63, 3.8) is 0 Å². The first kappa shape index (κ1) is 12.2. The zero-order valence-corrected chi connectivity index (χ0v) is 10.5. The molecule has 1 aromatic heterocycles. The molecule has 78 valence electrons. The Morgan fingerprint density at radius 2 is 2.36 bits per heavy atom. The highest BCUT2D eigenvalue weighted by molar-refractivity contribution is 8.22. The van der Waals surface area contributed by atoms with E-state index < -0.39 is 5.84 Å². The van der Waals surface area contributed by atoms with Crippen LogP contribution in [0.5, 0.6) is 5.75 Å². The molecule has 14 heavy (non-hydrogen) atoms. The van der Waals surface area contributed by atoms with Gasteiger partial charge in [-0.3, -0.25) is 0 Å². The lowest BCUT2D eigenvalue weighted by atomic mass is 10.5. The summed E-state index contributed by atoms with van der Waals surface area (Å²) in [5.74, 6) is -2.41. The summed E-state index contributed by atoms with van der Waals surface area (Å²) in [6.07, 6.45) is 1.55. The fourth-order valence-corrected chi connectivity index (χ4v) is 2.77. The molecule has 0 bridgehead atoms. The molecule has 0 radical (unpaired) electrons. The normalized spacial score (nSPS) is 14.8. The minimum Gasteiger partial charge on any atom is -0.429 e. The second kappa shape index (κ2) is 5.29. The minimum atomic E-state index is -2.76. The predicted molar refractivity (Wildman–Crippen MR) is 61.6 cm³/mol. The van der Waals surface area contributed by atoms with Gasteiger partial charge in [0.1, 0.15) is 0 Å². The van der Waals surface area contributed by atoms with Crippen LogP contribution in [0.15, 0.2) is 18.3 Å². The summed E-state index contributed by atoms with van der Waals surface area (Å²) in [7, 11) is 0. The molecular weight excluding hydrogens is 264 g/mol. The molecule has 0 N–H and O–H groups in total. The highest BCUT2D eigenvalue weighted by Crippen LogP contribution is 2.54. The van der Waals surface area contributed by atoms with E-state index in [0.29, 0.717) is 12.4 Å². The van der Waals surface area contributed by atoms with Crippen molar-refractivity contribution in [2.45, 2.75) is 6.92 Å². The average Bonchev–Trinajstić information content (AvgIpc) is 2.08. The lowest BCUT2D eigenvalue weighted by Gasteiger charge is -2.15. The van der Waals surface area contributed by atoms with Gasteiger partial charge in [-0.05, 0) is 42.1 Å². The van der Waals surface area contributed by atoms with Gasteiger partial charge in [0.25, 0.3) is 0 Å². The Labute approximate surface area is 97.3 Å². The monoisotopic (exact) mass is 271 g/mol. The Bertz CT molecular complexity index is 363. The van der Waals surface area contributed by atoms with Gasteiger partial charge in [-0.1, -0.05) is 11.6 Å². The molecule has 7 heteroatoms. The lowest BCUT2D eigenvalue weighted by Crippen LogP contribution is -1.93. The van der Waals surface area contributed by atoms with Gasteiger partial charge < -0.3 is 9.05 Å². The highest BCUT2D eigenvalue weighted by atomic mass is 35.7. The van der Waals surface area contributed by atoms with Crippen molar-refractivity contribution in [3.8, 4) is 5.75 Å². The average molecular weight is 272 g/mol. The highest BCUT2D eigenvalue weighted by Gasteiger charge is 2.17. The molecule has 0 saturated heterocycles. The summed E-state index contributed by atoms with van der Waals surface area (Å²) < 4.78 is 10.3. The van der Waals surface area contributed by atoms with E-state index in [1.54, 1.807) is 25.3 Å². The summed E-state index contributed by atoms with van der Waals surface area (Å²) >= 11 is 16.5. The van der Waals surface area contributed by atoms with Crippen molar-refractivity contribution >= 4 is 40.5 Å². The first-order chi connectivity index (χ1) is 6.55. The van der Waals surface area contributed by atoms with Gasteiger partial charge in [-0.25, -0.2) is 4.98 Å². The smallest absolute Gasteiger partial charge is 0.332 e. The number of halogens is 2. The third kappa shape index (κ3) is 3.71. The molecule has 0 saturated carbocycles. The third-order valence-electron chi connectivity index (χ3n) is 1.22. The molecule has 1 atom stereocenters. The molecule has 0 fully saturated rings. The van der Waals surface area contributed by atoms with Crippen molar-refractivity contribution < 1.29 is 9.05 Å². The standard InChI is InChI=1S/C7H8Cl2NO2PS/c1-2-11-13(9,14)12-6-4-3-5-10-7(6)8/h3-5H,2H2,1H3. The van der Waals surface area contributed by atoms with E-state index in [4.69, 9.17) is 43.7 Å². The Hall–Kier alpha value is 0.140. The van der Waals surface area contributed by atoms with Crippen molar-refractivity contribution in [2.75, 3.05) is 6.61 Å². The van der Waals surface area contributed by atoms with E-state index in [1.807, 2.05) is 0 Å². The molecule has 1 heterocycles. The zero-order chi connectivity index (χ0) is 10.6. The molecule has 1 aromatic rings. The lowest BCUT2D eigenvalue weighted by molar-refractivity contribution is 0.343. The van der Waals surface area contributed by atoms with E-state index in [2.05, 4.69) is 4.98 Å². The van der Waals surface area contributed by atoms with Crippen LogP contribution in [0.2, 0.25) is 5.15 Å². The summed E-state index contributed by atoms with van der Waals surface area (Å²) in [5.41, 5.74) is 0. The van der Waals surface area contributed by atoms with E-state index >= 15 is 0 Å². The number of pyridine rings is 1. The minimum absolute atomic E-state index is 0.224. The Kier molecular flexibility index (Phi) is 4.61. The van der Waals surface area contributed by atoms with Crippen molar-refractivity contribution in [2.24, 2.45) is 0 Å². The van der Waals surface area contributed by atoms with Crippen molar-refractivity contribution in [3.05, 3.63) is 23.5 Å². The SMILES string of the molecule is CCOP(=S)(Cl)Oc1cccnc1Cl. The molecule has 0 amide bonds. The molecule has 1 rings (SSSR count). The van der Waals surface area contributed by atoms with Crippen LogP contribution in [0.3, 0.4) is 0 Å². The number of hydrogen-bond donors (Lipinski definition) is 0. The molecular formula is C7H8Cl2NO2PS. The van der Waals surface area contributed by atoms with Crippen LogP contribution in [0.4, 0.5) is 0 Å². The first-order valence-corrected chi connectivity index (χ1v) is 7.71. The summed E-state index contributed by atoms with van der Waals surface area (Å²) in [4.78, 5) is 3.82. The van der Waals surface area contributed by atoms with Gasteiger partial charge in [-0.15, -0.1) is 0 Å². The van der Waals surface area contributed by atoms with Crippen LogP contribution >= 0.6 is 28.7 Å². The third-order valence-corrected chi connectivity index (χ3v) is 3.52. The summed E-state index contributed by atoms with van der Waals surface area (Å²) in [6.45, 7) is 2.19. The van der Waals surface area contributed by atoms with Gasteiger partial charge in [0.05, 0.1) is 6.61 Å². The van der Waals surface area contributed by atoms with Gasteiger partial charge >= 0.3 is 5.84 Å². The van der Waals surface area contributed by atoms with Crippen LogP contribution in [0, 0.1) is 0 Å². The van der Waals surface area contributed by atoms with Gasteiger partial charge in [0, 0.05) is 6.20 Å². The van der Waals surface area contributed by atoms with Crippen LogP contribution in [0.1, 0.15) is 6.92 Å². The Balaban J connectivity index is 2.78. The van der Waals surface area contributed by atoms with E-state index in [1.165, 1.54) is 0 Å². The van der Waals surface area contributed by atoms with Crippen LogP contribution in [-0.2, 0) is 16.3 Å². The van der Waals surface area contributed by atoms with Crippen molar-refractivity contribution in [1.82, 2.24) is 4.98 Å². The van der Waals surface area contributed by atoms with E-state index in [9.17, 15) is 0 Å². The predicted octanol–water partition coefficient (Wildman–Crippen LogP) is 3.61. The van der Waals surface area contributed by atoms with E-state index in [-0.39, 0.29) is 5.15 Å². The van der Waals surface area contributed by atoms with E-state index in [0.717, 1.165) is 0 Å². The fraction of sp³-hybridized carbons (Fsp3) is 0.286. The van der Waals surface area contributed by atoms with Gasteiger partial charge in [-0.2, -0.15) is 0 Å². The largest absolute Gasteiger partial charge is 0.429 e. The summed E-state index contributed by atoms with van der Waals surface area (Å²) in [5, 5.41) is 0.224. The first-order valence-electron chi connectivity index (χ1n) is 3.79. The maximum atomic E-state index is 5.84. The zero-order valence-electron chi connectivity index (χ0n) is 7.31. The molecule has 3 nitrogen and oxygen atoms in total. The van der Waals surface area contributed by atoms with Crippen LogP contribution in [0.25, 0.3) is 0 Å². The maximum absolute atomic E-state index is 5.84. The molecule has 0 aliphatic heterocycles. The fourth-order valence-electron chi connectivity index (χ4n) is 0.737. The summed E-state index contributed by atoms with van der Waals surface area (Å²) in [6, 6.07) is 3.32. The van der Waals surface area contributed by atoms with Gasteiger partial charge in [0.2, 0.25) is 0 Å². The molecule has 0 aliphatic rings. The number of aromatic nitrogens is 1. The number of rotatable bonds is 4. The second-order valence-electron chi connectivity index (χ2n) is 2.23. The topological polar surface area (TPSA) is 31.4 Å². The Morgan fingerprint density at radius 1 is 1.64 bits per heavy atom. The number of hydrogen-bond acceptors (Lipinski definition) is 4. The maximum Gasteiger partial charge on any atom is 0.332 e. The Morgan fingerprint density at radius 3 is 2.93 bits per heavy atom. The molecule has 0 aromatic carbocycles. The van der Waals surface area contributed by atoms with Crippen molar-refractivity contribution in [1.29, 1.82) is 0 Å². The van der Waals surface area contributed by atoms with Crippen LogP contribution < -0.4 is 4.52 Å². The quantitative estimate of drug-likeness (QED) is 0.619. The molecule has 0 aliphatic carbocycles. The molecule has 0 spiro atoms. The number of nitrogens with zero attached hydrogens (tertiary/aromatic N) is 1. The molecule has 1 unspecified atom stereocenters. The second-order valence-corrected chi connectivity index (χ2v) is 7.27.